The maximum atomic E-state index is 13.4. The number of carboxylic acid groups (broad SMARTS) is 1. The van der Waals surface area contributed by atoms with Gasteiger partial charge in [-0.15, -0.1) is 0 Å². The monoisotopic (exact) mass is 445 g/mol. The van der Waals surface area contributed by atoms with E-state index in [4.69, 9.17) is 5.11 Å². The van der Waals surface area contributed by atoms with E-state index in [9.17, 15) is 24.2 Å². The second-order valence-corrected chi connectivity index (χ2v) is 7.51. The summed E-state index contributed by atoms with van der Waals surface area (Å²) in [5.74, 6) is -1.93. The van der Waals surface area contributed by atoms with Gasteiger partial charge in [-0.05, 0) is 49.4 Å². The molecule has 1 aromatic heterocycles. The number of halogens is 1. The fourth-order valence-corrected chi connectivity index (χ4v) is 3.41. The average molecular weight is 445 g/mol. The van der Waals surface area contributed by atoms with E-state index >= 15 is 0 Å². The molecule has 0 spiro atoms. The van der Waals surface area contributed by atoms with Gasteiger partial charge in [0.25, 0.3) is 5.91 Å². The molecule has 0 bridgehead atoms. The van der Waals surface area contributed by atoms with Gasteiger partial charge in [0.2, 0.25) is 0 Å². The first kappa shape index (κ1) is 27.3. The van der Waals surface area contributed by atoms with Crippen molar-refractivity contribution in [3.8, 4) is 5.69 Å². The van der Waals surface area contributed by atoms with E-state index < -0.39 is 30.4 Å². The quantitative estimate of drug-likeness (QED) is 0.410. The Morgan fingerprint density at radius 2 is 1.77 bits per heavy atom. The molecule has 1 amide bonds. The van der Waals surface area contributed by atoms with Crippen molar-refractivity contribution in [2.45, 2.75) is 57.7 Å². The molecule has 0 aliphatic heterocycles. The van der Waals surface area contributed by atoms with E-state index in [0.717, 1.165) is 5.56 Å². The topological polar surface area (TPSA) is 125 Å². The molecule has 0 saturated carbocycles. The molecule has 0 unspecified atom stereocenters. The number of amides is 1. The van der Waals surface area contributed by atoms with Crippen LogP contribution in [0.1, 0.15) is 60.8 Å². The predicted molar refractivity (Wildman–Crippen MR) is 115 cm³/mol. The van der Waals surface area contributed by atoms with Gasteiger partial charge in [-0.1, -0.05) is 13.8 Å². The van der Waals surface area contributed by atoms with Crippen LogP contribution in [0.3, 0.4) is 0 Å². The van der Waals surface area contributed by atoms with Crippen molar-refractivity contribution in [1.29, 1.82) is 0 Å². The van der Waals surface area contributed by atoms with E-state index in [-0.39, 0.29) is 59.9 Å². The molecular formula is C21H29FN3NaO5. The molecule has 0 radical (unpaired) electrons. The standard InChI is InChI=1S/C21H28FN3O5.Na.H/c1-12(2)19-17(9-8-15(26)10-16(27)11-18(28)29)25(24-20(19)21(30)23-3)14-6-4-13(22)5-7-14;;/h4-7,12,15-16,26-27H,8-11H2,1-3H3,(H,23,30)(H,28,29);;/t15-,16-;;/m1../s1. The van der Waals surface area contributed by atoms with Crippen LogP contribution >= 0.6 is 0 Å². The van der Waals surface area contributed by atoms with E-state index in [2.05, 4.69) is 10.4 Å². The number of aliphatic carboxylic acids is 1. The first-order chi connectivity index (χ1) is 14.1. The molecule has 1 heterocycles. The first-order valence-electron chi connectivity index (χ1n) is 9.81. The summed E-state index contributed by atoms with van der Waals surface area (Å²) < 4.78 is 14.9. The Bertz CT molecular complexity index is 886. The molecule has 0 aliphatic rings. The van der Waals surface area contributed by atoms with Gasteiger partial charge in [-0.3, -0.25) is 9.59 Å². The van der Waals surface area contributed by atoms with Crippen molar-refractivity contribution in [3.63, 3.8) is 0 Å². The van der Waals surface area contributed by atoms with Crippen LogP contribution in [0.25, 0.3) is 5.69 Å². The zero-order valence-electron chi connectivity index (χ0n) is 17.3. The Balaban J connectivity index is 0.00000480. The minimum atomic E-state index is -1.15. The van der Waals surface area contributed by atoms with E-state index in [1.807, 2.05) is 13.8 Å². The third-order valence-electron chi connectivity index (χ3n) is 4.78. The van der Waals surface area contributed by atoms with Crippen LogP contribution in [-0.4, -0.2) is 85.8 Å². The van der Waals surface area contributed by atoms with Gasteiger partial charge >= 0.3 is 35.5 Å². The van der Waals surface area contributed by atoms with Crippen molar-refractivity contribution < 1.29 is 29.3 Å². The third kappa shape index (κ3) is 7.40. The van der Waals surface area contributed by atoms with Crippen molar-refractivity contribution in [2.75, 3.05) is 7.05 Å². The summed E-state index contributed by atoms with van der Waals surface area (Å²) in [4.78, 5) is 23.1. The van der Waals surface area contributed by atoms with Crippen LogP contribution in [0.15, 0.2) is 24.3 Å². The number of aliphatic hydroxyl groups excluding tert-OH is 2. The van der Waals surface area contributed by atoms with Gasteiger partial charge in [-0.25, -0.2) is 9.07 Å². The average Bonchev–Trinajstić information content (AvgIpc) is 3.05. The Morgan fingerprint density at radius 3 is 2.29 bits per heavy atom. The number of nitrogens with one attached hydrogen (secondary N) is 1. The Kier molecular flexibility index (Phi) is 10.8. The van der Waals surface area contributed by atoms with Gasteiger partial charge in [0.1, 0.15) is 5.82 Å². The van der Waals surface area contributed by atoms with Crippen molar-refractivity contribution in [3.05, 3.63) is 47.0 Å². The summed E-state index contributed by atoms with van der Waals surface area (Å²) in [6, 6.07) is 5.70. The summed E-state index contributed by atoms with van der Waals surface area (Å²) in [6.07, 6.45) is -2.03. The molecule has 2 aromatic rings. The minimum absolute atomic E-state index is 0. The Morgan fingerprint density at radius 1 is 1.16 bits per heavy atom. The second kappa shape index (κ2) is 12.3. The normalized spacial score (nSPS) is 12.9. The molecule has 0 fully saturated rings. The van der Waals surface area contributed by atoms with Crippen LogP contribution < -0.4 is 5.32 Å². The van der Waals surface area contributed by atoms with Gasteiger partial charge in [0.15, 0.2) is 5.69 Å². The fraction of sp³-hybridized carbons (Fsp3) is 0.476. The molecule has 166 valence electrons. The molecule has 8 nitrogen and oxygen atoms in total. The summed E-state index contributed by atoms with van der Waals surface area (Å²) in [6.45, 7) is 3.85. The maximum absolute atomic E-state index is 13.4. The number of nitrogens with zero attached hydrogens (tertiary/aromatic N) is 2. The predicted octanol–water partition coefficient (Wildman–Crippen LogP) is 1.37. The van der Waals surface area contributed by atoms with Crippen molar-refractivity contribution >= 4 is 41.4 Å². The molecule has 4 N–H and O–H groups in total. The molecular weight excluding hydrogens is 416 g/mol. The Labute approximate surface area is 202 Å². The number of carboxylic acids is 1. The van der Waals surface area contributed by atoms with E-state index in [1.54, 1.807) is 16.8 Å². The van der Waals surface area contributed by atoms with Gasteiger partial charge in [-0.2, -0.15) is 5.10 Å². The van der Waals surface area contributed by atoms with Crippen molar-refractivity contribution in [1.82, 2.24) is 15.1 Å². The first-order valence-corrected chi connectivity index (χ1v) is 9.81. The number of hydrogen-bond donors (Lipinski definition) is 4. The van der Waals surface area contributed by atoms with E-state index in [1.165, 1.54) is 19.2 Å². The number of benzene rings is 1. The second-order valence-electron chi connectivity index (χ2n) is 7.51. The number of carbonyl (C=O) groups is 2. The van der Waals surface area contributed by atoms with Crippen molar-refractivity contribution in [2.24, 2.45) is 0 Å². The van der Waals surface area contributed by atoms with Crippen LogP contribution in [0.4, 0.5) is 4.39 Å². The zero-order valence-corrected chi connectivity index (χ0v) is 17.3. The molecule has 31 heavy (non-hydrogen) atoms. The van der Waals surface area contributed by atoms with Gasteiger partial charge in [0, 0.05) is 18.3 Å². The molecule has 10 heteroatoms. The van der Waals surface area contributed by atoms with Gasteiger partial charge in [0.05, 0.1) is 24.3 Å². The molecule has 2 rings (SSSR count). The summed E-state index contributed by atoms with van der Waals surface area (Å²) >= 11 is 0. The van der Waals surface area contributed by atoms with Crippen LogP contribution in [0, 0.1) is 5.82 Å². The number of rotatable bonds is 10. The summed E-state index contributed by atoms with van der Waals surface area (Å²) in [5.41, 5.74) is 2.25. The fourth-order valence-electron chi connectivity index (χ4n) is 3.41. The summed E-state index contributed by atoms with van der Waals surface area (Å²) in [7, 11) is 1.51. The molecule has 1 aromatic carbocycles. The number of hydrogen-bond acceptors (Lipinski definition) is 5. The molecule has 2 atom stereocenters. The van der Waals surface area contributed by atoms with Crippen LogP contribution in [-0.2, 0) is 11.2 Å². The Hall–Kier alpha value is -1.78. The number of aromatic nitrogens is 2. The SMILES string of the molecule is CNC(=O)c1nn(-c2ccc(F)cc2)c(CC[C@@H](O)C[C@@H](O)CC(=O)O)c1C(C)C.[NaH]. The summed E-state index contributed by atoms with van der Waals surface area (Å²) in [5, 5.41) is 35.8. The van der Waals surface area contributed by atoms with E-state index in [0.29, 0.717) is 17.8 Å². The molecule has 0 aliphatic carbocycles. The van der Waals surface area contributed by atoms with Gasteiger partial charge < -0.3 is 20.6 Å². The van der Waals surface area contributed by atoms with Crippen LogP contribution in [0.5, 0.6) is 0 Å². The zero-order chi connectivity index (χ0) is 22.4. The third-order valence-corrected chi connectivity index (χ3v) is 4.78. The van der Waals surface area contributed by atoms with Crippen LogP contribution in [0.2, 0.25) is 0 Å². The molecule has 0 saturated heterocycles. The number of carbonyl (C=O) groups excluding carboxylic acids is 1. The number of aliphatic hydroxyl groups is 2.